The van der Waals surface area contributed by atoms with Crippen LogP contribution in [0.2, 0.25) is 0 Å². The van der Waals surface area contributed by atoms with Crippen molar-refractivity contribution in [2.24, 2.45) is 0 Å². The van der Waals surface area contributed by atoms with Crippen LogP contribution in [0.15, 0.2) is 30.5 Å². The number of fused-ring (bicyclic) bond motifs is 1. The van der Waals surface area contributed by atoms with Crippen LogP contribution in [0.25, 0.3) is 5.65 Å². The van der Waals surface area contributed by atoms with Crippen LogP contribution in [0.3, 0.4) is 0 Å². The number of pyridine rings is 1. The van der Waals surface area contributed by atoms with Gasteiger partial charge in [0.05, 0.1) is 17.4 Å². The highest BCUT2D eigenvalue weighted by atomic mass is 16.2. The number of rotatable bonds is 4. The van der Waals surface area contributed by atoms with Crippen LogP contribution in [0.5, 0.6) is 0 Å². The highest BCUT2D eigenvalue weighted by molar-refractivity contribution is 5.94. The molecule has 5 heterocycles. The first kappa shape index (κ1) is 18.4. The quantitative estimate of drug-likeness (QED) is 0.685. The van der Waals surface area contributed by atoms with Crippen molar-refractivity contribution in [1.29, 1.82) is 0 Å². The van der Waals surface area contributed by atoms with Crippen molar-refractivity contribution < 1.29 is 4.79 Å². The first-order valence-electron chi connectivity index (χ1n) is 10.6. The van der Waals surface area contributed by atoms with Gasteiger partial charge in [-0.05, 0) is 51.3 Å². The van der Waals surface area contributed by atoms with Gasteiger partial charge in [0.2, 0.25) is 0 Å². The molecule has 2 aliphatic heterocycles. The molecule has 152 valence electrons. The lowest BCUT2D eigenvalue weighted by Gasteiger charge is -2.19. The maximum Gasteiger partial charge on any atom is 0.274 e. The Kier molecular flexibility index (Phi) is 4.62. The molecule has 2 aliphatic rings. The molecule has 0 N–H and O–H groups in total. The van der Waals surface area contributed by atoms with Crippen LogP contribution in [0.1, 0.15) is 52.9 Å². The maximum atomic E-state index is 13.2. The Hall–Kier alpha value is -2.67. The molecule has 7 nitrogen and oxygen atoms in total. The van der Waals surface area contributed by atoms with Crippen LogP contribution in [-0.2, 0) is 6.54 Å². The molecule has 0 radical (unpaired) electrons. The Bertz CT molecular complexity index is 1040. The summed E-state index contributed by atoms with van der Waals surface area (Å²) in [6.07, 6.45) is 5.27. The lowest BCUT2D eigenvalue weighted by molar-refractivity contribution is 0.0785. The van der Waals surface area contributed by atoms with Gasteiger partial charge in [-0.3, -0.25) is 14.4 Å². The minimum Gasteiger partial charge on any atom is -0.337 e. The number of hydrogen-bond acceptors (Lipinski definition) is 4. The summed E-state index contributed by atoms with van der Waals surface area (Å²) in [5.41, 5.74) is 4.76. The minimum absolute atomic E-state index is 0.0792. The Balaban J connectivity index is 1.42. The molecule has 0 saturated carbocycles. The lowest BCUT2D eigenvalue weighted by Crippen LogP contribution is -2.30. The smallest absolute Gasteiger partial charge is 0.274 e. The average Bonchev–Trinajstić information content (AvgIpc) is 3.49. The van der Waals surface area contributed by atoms with Gasteiger partial charge in [-0.15, -0.1) is 0 Å². The second-order valence-electron chi connectivity index (χ2n) is 8.38. The molecule has 0 aromatic carbocycles. The zero-order valence-corrected chi connectivity index (χ0v) is 17.2. The van der Waals surface area contributed by atoms with Gasteiger partial charge in [0.15, 0.2) is 5.69 Å². The number of carbonyl (C=O) groups is 1. The average molecular weight is 393 g/mol. The minimum atomic E-state index is 0.0792. The van der Waals surface area contributed by atoms with E-state index in [1.807, 2.05) is 36.2 Å². The Morgan fingerprint density at radius 3 is 2.76 bits per heavy atom. The zero-order chi connectivity index (χ0) is 20.0. The van der Waals surface area contributed by atoms with Gasteiger partial charge in [-0.2, -0.15) is 5.10 Å². The molecule has 0 spiro atoms. The third-order valence-corrected chi connectivity index (χ3v) is 6.24. The first-order valence-corrected chi connectivity index (χ1v) is 10.6. The molecule has 29 heavy (non-hydrogen) atoms. The number of hydrogen-bond donors (Lipinski definition) is 0. The van der Waals surface area contributed by atoms with Crippen molar-refractivity contribution in [3.05, 3.63) is 53.2 Å². The molecule has 2 saturated heterocycles. The molecule has 3 aromatic heterocycles. The second kappa shape index (κ2) is 7.30. The zero-order valence-electron chi connectivity index (χ0n) is 17.2. The normalized spacial score (nSPS) is 20.2. The highest BCUT2D eigenvalue weighted by Gasteiger charge is 2.30. The van der Waals surface area contributed by atoms with Crippen molar-refractivity contribution in [2.75, 3.05) is 26.2 Å². The maximum absolute atomic E-state index is 13.2. The molecule has 1 atom stereocenters. The summed E-state index contributed by atoms with van der Waals surface area (Å²) in [4.78, 5) is 22.3. The standard InChI is InChI=1S/C22H28N6O/c1-16-13-17(2)28(24-16)18-8-12-25(14-18)15-19-21(22(29)26-9-5-6-10-26)23-20-7-3-4-11-27(19)20/h3-4,7,11,13,18H,5-6,8-10,12,14-15H2,1-2H3. The van der Waals surface area contributed by atoms with Crippen molar-refractivity contribution in [3.63, 3.8) is 0 Å². The molecule has 1 amide bonds. The largest absolute Gasteiger partial charge is 0.337 e. The van der Waals surface area contributed by atoms with E-state index in [0.717, 1.165) is 69.0 Å². The predicted octanol–water partition coefficient (Wildman–Crippen LogP) is 2.83. The number of aryl methyl sites for hydroxylation is 2. The summed E-state index contributed by atoms with van der Waals surface area (Å²) in [6.45, 7) is 8.53. The third-order valence-electron chi connectivity index (χ3n) is 6.24. The molecule has 0 bridgehead atoms. The summed E-state index contributed by atoms with van der Waals surface area (Å²) >= 11 is 0. The van der Waals surface area contributed by atoms with Gasteiger partial charge in [0.25, 0.3) is 5.91 Å². The lowest BCUT2D eigenvalue weighted by atomic mass is 10.2. The number of amides is 1. The van der Waals surface area contributed by atoms with Crippen LogP contribution in [0.4, 0.5) is 0 Å². The first-order chi connectivity index (χ1) is 14.1. The summed E-state index contributed by atoms with van der Waals surface area (Å²) in [5.74, 6) is 0.0792. The van der Waals surface area contributed by atoms with Crippen LogP contribution in [-0.4, -0.2) is 61.1 Å². The molecule has 7 heteroatoms. The van der Waals surface area contributed by atoms with E-state index in [2.05, 4.69) is 32.1 Å². The Morgan fingerprint density at radius 1 is 1.17 bits per heavy atom. The predicted molar refractivity (Wildman–Crippen MR) is 111 cm³/mol. The van der Waals surface area contributed by atoms with E-state index in [9.17, 15) is 4.79 Å². The molecular weight excluding hydrogens is 364 g/mol. The van der Waals surface area contributed by atoms with Crippen molar-refractivity contribution in [2.45, 2.75) is 45.7 Å². The van der Waals surface area contributed by atoms with Gasteiger partial charge in [-0.25, -0.2) is 4.98 Å². The van der Waals surface area contributed by atoms with Gasteiger partial charge < -0.3 is 9.30 Å². The molecular formula is C22H28N6O. The third kappa shape index (κ3) is 3.33. The Morgan fingerprint density at radius 2 is 2.00 bits per heavy atom. The van der Waals surface area contributed by atoms with E-state index in [1.54, 1.807) is 0 Å². The van der Waals surface area contributed by atoms with E-state index in [-0.39, 0.29) is 5.91 Å². The van der Waals surface area contributed by atoms with Crippen molar-refractivity contribution in [3.8, 4) is 0 Å². The summed E-state index contributed by atoms with van der Waals surface area (Å²) in [5, 5.41) is 4.68. The fourth-order valence-electron chi connectivity index (χ4n) is 4.82. The number of aromatic nitrogens is 4. The summed E-state index contributed by atoms with van der Waals surface area (Å²) in [7, 11) is 0. The molecule has 1 unspecified atom stereocenters. The van der Waals surface area contributed by atoms with Gasteiger partial charge in [0, 0.05) is 44.6 Å². The molecule has 0 aliphatic carbocycles. The molecule has 5 rings (SSSR count). The van der Waals surface area contributed by atoms with Crippen LogP contribution >= 0.6 is 0 Å². The van der Waals surface area contributed by atoms with Gasteiger partial charge in [-0.1, -0.05) is 6.07 Å². The van der Waals surface area contributed by atoms with Crippen LogP contribution < -0.4 is 0 Å². The summed E-state index contributed by atoms with van der Waals surface area (Å²) < 4.78 is 4.25. The number of imidazole rings is 1. The van der Waals surface area contributed by atoms with E-state index >= 15 is 0 Å². The fourth-order valence-corrected chi connectivity index (χ4v) is 4.82. The van der Waals surface area contributed by atoms with Gasteiger partial charge in [0.1, 0.15) is 5.65 Å². The highest BCUT2D eigenvalue weighted by Crippen LogP contribution is 2.26. The number of nitrogens with zero attached hydrogens (tertiary/aromatic N) is 6. The topological polar surface area (TPSA) is 58.7 Å². The Labute approximate surface area is 170 Å². The summed E-state index contributed by atoms with van der Waals surface area (Å²) in [6, 6.07) is 8.49. The second-order valence-corrected chi connectivity index (χ2v) is 8.38. The molecule has 2 fully saturated rings. The SMILES string of the molecule is Cc1cc(C)n(C2CCN(Cc3c(C(=O)N4CCCC4)nc4ccccn34)C2)n1. The number of likely N-dealkylation sites (tertiary alicyclic amines) is 2. The number of carbonyl (C=O) groups excluding carboxylic acids is 1. The van der Waals surface area contributed by atoms with Crippen LogP contribution in [0, 0.1) is 13.8 Å². The fraction of sp³-hybridized carbons (Fsp3) is 0.500. The van der Waals surface area contributed by atoms with E-state index < -0.39 is 0 Å². The van der Waals surface area contributed by atoms with E-state index in [1.165, 1.54) is 5.69 Å². The van der Waals surface area contributed by atoms with Gasteiger partial charge >= 0.3 is 0 Å². The monoisotopic (exact) mass is 392 g/mol. The van der Waals surface area contributed by atoms with Crippen molar-refractivity contribution in [1.82, 2.24) is 29.0 Å². The van der Waals surface area contributed by atoms with E-state index in [4.69, 9.17) is 4.98 Å². The van der Waals surface area contributed by atoms with Crippen molar-refractivity contribution >= 4 is 11.6 Å². The van der Waals surface area contributed by atoms with E-state index in [0.29, 0.717) is 11.7 Å². The molecule has 3 aromatic rings.